The first kappa shape index (κ1) is 27.8. The molecule has 3 heterocycles. The van der Waals surface area contributed by atoms with Crippen LogP contribution in [0.3, 0.4) is 0 Å². The van der Waals surface area contributed by atoms with Crippen LogP contribution in [0, 0.1) is 23.0 Å². The Morgan fingerprint density at radius 3 is 2.63 bits per heavy atom. The molecule has 43 heavy (non-hydrogen) atoms. The molecule has 2 saturated carbocycles. The number of carbonyl (C=O) groups excluding carboxylic acids is 1. The summed E-state index contributed by atoms with van der Waals surface area (Å²) >= 11 is 0. The summed E-state index contributed by atoms with van der Waals surface area (Å²) in [7, 11) is -1.16. The van der Waals surface area contributed by atoms with Crippen LogP contribution in [0.4, 0.5) is 8.78 Å². The van der Waals surface area contributed by atoms with Gasteiger partial charge in [-0.05, 0) is 98.4 Å². The molecule has 0 saturated heterocycles. The number of nitrogens with zero attached hydrogens (tertiary/aromatic N) is 6. The Hall–Kier alpha value is -3.96. The lowest BCUT2D eigenvalue weighted by Gasteiger charge is -2.47. The number of aryl methyl sites for hydroxylation is 1. The predicted octanol–water partition coefficient (Wildman–Crippen LogP) is 5.04. The molecule has 3 atom stereocenters. The van der Waals surface area contributed by atoms with Crippen LogP contribution in [0.2, 0.25) is 0 Å². The summed E-state index contributed by atoms with van der Waals surface area (Å²) in [5.41, 5.74) is 2.34. The Labute approximate surface area is 249 Å². The average molecular weight is 603 g/mol. The van der Waals surface area contributed by atoms with Crippen molar-refractivity contribution in [1.29, 1.82) is 0 Å². The first-order valence-corrected chi connectivity index (χ1v) is 16.2. The van der Waals surface area contributed by atoms with Gasteiger partial charge in [-0.25, -0.2) is 22.0 Å². The minimum Gasteiger partial charge on any atom is -0.291 e. The molecule has 0 radical (unpaired) electrons. The number of Topliss-reactive ketones (excluding diaryl/α,β-unsaturated/α-hetero) is 1. The number of carbonyl (C=O) groups is 1. The van der Waals surface area contributed by atoms with Gasteiger partial charge in [0.1, 0.15) is 17.3 Å². The maximum Gasteiger partial charge on any atom is 0.191 e. The fourth-order valence-corrected chi connectivity index (χ4v) is 8.52. The van der Waals surface area contributed by atoms with Gasteiger partial charge < -0.3 is 0 Å². The van der Waals surface area contributed by atoms with Gasteiger partial charge in [-0.2, -0.15) is 10.2 Å². The molecule has 0 N–H and O–H groups in total. The summed E-state index contributed by atoms with van der Waals surface area (Å²) in [6, 6.07) is 10.0. The second-order valence-corrected chi connectivity index (χ2v) is 14.1. The number of aromatic nitrogens is 5. The minimum absolute atomic E-state index is 0.0646. The van der Waals surface area contributed by atoms with Crippen LogP contribution < -0.4 is 0 Å². The second-order valence-electron chi connectivity index (χ2n) is 12.0. The van der Waals surface area contributed by atoms with E-state index in [-0.39, 0.29) is 23.3 Å². The molecule has 1 aromatic carbocycles. The average Bonchev–Trinajstić information content (AvgIpc) is 3.57. The van der Waals surface area contributed by atoms with E-state index in [2.05, 4.69) is 21.1 Å². The zero-order chi connectivity index (χ0) is 29.9. The van der Waals surface area contributed by atoms with Crippen LogP contribution >= 0.6 is 0 Å². The topological polar surface area (TPSA) is 85.9 Å². The Bertz CT molecular complexity index is 1860. The molecule has 7 rings (SSSR count). The smallest absolute Gasteiger partial charge is 0.191 e. The van der Waals surface area contributed by atoms with Gasteiger partial charge in [-0.15, -0.1) is 0 Å². The first-order chi connectivity index (χ1) is 20.6. The van der Waals surface area contributed by atoms with Crippen molar-refractivity contribution in [2.45, 2.75) is 49.6 Å². The number of fused-ring (bicyclic) bond motifs is 2. The van der Waals surface area contributed by atoms with Crippen molar-refractivity contribution < 1.29 is 17.8 Å². The van der Waals surface area contributed by atoms with Crippen molar-refractivity contribution in [2.24, 2.45) is 18.4 Å². The highest BCUT2D eigenvalue weighted by Gasteiger charge is 2.51. The van der Waals surface area contributed by atoms with Crippen molar-refractivity contribution in [3.05, 3.63) is 95.2 Å². The third-order valence-electron chi connectivity index (χ3n) is 9.03. The molecular weight excluding hydrogens is 570 g/mol. The number of halogens is 2. The fraction of sp³-hybridized carbons (Fsp3) is 0.344. The Morgan fingerprint density at radius 2 is 1.93 bits per heavy atom. The van der Waals surface area contributed by atoms with E-state index in [4.69, 9.17) is 0 Å². The highest BCUT2D eigenvalue weighted by atomic mass is 32.2. The number of hydrogen-bond acceptors (Lipinski definition) is 5. The quantitative estimate of drug-likeness (QED) is 0.208. The molecule has 8 nitrogen and oxygen atoms in total. The van der Waals surface area contributed by atoms with Crippen LogP contribution in [-0.4, -0.2) is 57.3 Å². The van der Waals surface area contributed by atoms with E-state index in [1.165, 1.54) is 30.5 Å². The molecule has 11 heteroatoms. The molecule has 1 unspecified atom stereocenters. The summed E-state index contributed by atoms with van der Waals surface area (Å²) in [5, 5.41) is 9.48. The molecule has 3 aromatic heterocycles. The first-order valence-electron chi connectivity index (χ1n) is 14.5. The molecule has 2 fully saturated rings. The van der Waals surface area contributed by atoms with Crippen molar-refractivity contribution in [1.82, 2.24) is 28.9 Å². The normalized spacial score (nSPS) is 22.9. The van der Waals surface area contributed by atoms with Gasteiger partial charge in [0.15, 0.2) is 10.8 Å². The number of allylic oxidation sites excluding steroid dienone is 1. The van der Waals surface area contributed by atoms with E-state index < -0.39 is 20.9 Å². The molecule has 0 bridgehead atoms. The number of pyridine rings is 1. The van der Waals surface area contributed by atoms with Gasteiger partial charge in [0, 0.05) is 38.1 Å². The lowest BCUT2D eigenvalue weighted by molar-refractivity contribution is 0.0737. The lowest BCUT2D eigenvalue weighted by Crippen LogP contribution is -2.51. The highest BCUT2D eigenvalue weighted by molar-refractivity contribution is 7.98. The van der Waals surface area contributed by atoms with Gasteiger partial charge in [0.05, 0.1) is 32.7 Å². The van der Waals surface area contributed by atoms with Crippen LogP contribution in [0.1, 0.15) is 53.8 Å². The van der Waals surface area contributed by atoms with E-state index in [0.29, 0.717) is 48.9 Å². The van der Waals surface area contributed by atoms with Crippen molar-refractivity contribution in [3.8, 4) is 5.69 Å². The summed E-state index contributed by atoms with van der Waals surface area (Å²) in [5.74, 6) is 3.50. The Kier molecular flexibility index (Phi) is 6.70. The highest BCUT2D eigenvalue weighted by Crippen LogP contribution is 2.52. The second kappa shape index (κ2) is 10.3. The van der Waals surface area contributed by atoms with Gasteiger partial charge in [0.25, 0.3) is 0 Å². The van der Waals surface area contributed by atoms with Crippen LogP contribution in [0.15, 0.2) is 71.7 Å². The van der Waals surface area contributed by atoms with Gasteiger partial charge in [-0.1, -0.05) is 5.57 Å². The summed E-state index contributed by atoms with van der Waals surface area (Å²) in [6.07, 6.45) is 10.9. The maximum atomic E-state index is 14.5. The van der Waals surface area contributed by atoms with Crippen LogP contribution in [0.25, 0.3) is 11.8 Å². The Balaban J connectivity index is 1.32. The molecule has 0 aliphatic heterocycles. The molecule has 222 valence electrons. The molecule has 0 amide bonds. The molecule has 0 spiro atoms. The van der Waals surface area contributed by atoms with Crippen molar-refractivity contribution in [3.63, 3.8) is 0 Å². The van der Waals surface area contributed by atoms with Gasteiger partial charge in [0.2, 0.25) is 0 Å². The summed E-state index contributed by atoms with van der Waals surface area (Å²) < 4.78 is 47.8. The van der Waals surface area contributed by atoms with E-state index >= 15 is 0 Å². The van der Waals surface area contributed by atoms with Crippen molar-refractivity contribution in [2.75, 3.05) is 6.54 Å². The van der Waals surface area contributed by atoms with Crippen LogP contribution in [0.5, 0.6) is 0 Å². The largest absolute Gasteiger partial charge is 0.291 e. The summed E-state index contributed by atoms with van der Waals surface area (Å²) in [4.78, 5) is 18.8. The van der Waals surface area contributed by atoms with Crippen molar-refractivity contribution >= 4 is 27.4 Å². The third kappa shape index (κ3) is 4.94. The number of rotatable bonds is 8. The molecule has 3 aliphatic rings. The third-order valence-corrected chi connectivity index (χ3v) is 11.1. The maximum absolute atomic E-state index is 14.5. The number of hydrogen-bond donors (Lipinski definition) is 0. The van der Waals surface area contributed by atoms with E-state index in [1.807, 2.05) is 10.4 Å². The van der Waals surface area contributed by atoms with Crippen LogP contribution in [-0.2, 0) is 23.2 Å². The molecule has 4 aromatic rings. The molecular formula is C32H32F2N6O2S. The van der Waals surface area contributed by atoms with E-state index in [1.54, 1.807) is 47.0 Å². The monoisotopic (exact) mass is 602 g/mol. The Morgan fingerprint density at radius 1 is 1.14 bits per heavy atom. The minimum atomic E-state index is -2.94. The lowest BCUT2D eigenvalue weighted by atomic mass is 9.60. The van der Waals surface area contributed by atoms with Gasteiger partial charge >= 0.3 is 0 Å². The zero-order valence-electron chi connectivity index (χ0n) is 23.8. The molecule has 3 aliphatic carbocycles. The van der Waals surface area contributed by atoms with Gasteiger partial charge in [-0.3, -0.25) is 14.5 Å². The summed E-state index contributed by atoms with van der Waals surface area (Å²) in [6.45, 7) is 0.610. The predicted molar refractivity (Wildman–Crippen MR) is 160 cm³/mol. The van der Waals surface area contributed by atoms with E-state index in [0.717, 1.165) is 29.7 Å². The fourth-order valence-electron chi connectivity index (χ4n) is 6.64. The van der Waals surface area contributed by atoms with E-state index in [9.17, 15) is 17.8 Å². The SMILES string of the molecule is C=S(=O)(c1ccn(C)n1)N(CC1CC1)[C@H]1CCC2=Cc3c(cnn3-c3ccc(F)cc3)C[C@]2(C(=O)c2cc(F)ccn2)C1. The zero-order valence-corrected chi connectivity index (χ0v) is 24.6. The number of benzene rings is 1. The number of ketones is 1. The standard InChI is InChI=1S/C32H32F2N6O2S/c1-38-14-12-30(37-38)43(2,42)39(20-21-3-4-21)27-8-5-23-15-29-22(19-36-40(29)26-9-6-24(33)7-10-26)17-32(23,18-27)31(41)28-16-25(34)11-13-35-28/h6-7,9-16,19,21,27H,2-5,8,17-18,20H2,1H3/t27-,32-,43?/m0/s1.